The molecule has 3 heterocycles. The Hall–Kier alpha value is -5.83. The molecule has 2 aromatic carbocycles. The summed E-state index contributed by atoms with van der Waals surface area (Å²) in [4.78, 5) is 106. The lowest BCUT2D eigenvalue weighted by molar-refractivity contribution is -0.346. The van der Waals surface area contributed by atoms with Crippen LogP contribution in [0.15, 0.2) is 59.7 Å². The van der Waals surface area contributed by atoms with E-state index in [1.165, 1.54) is 33.0 Å². The van der Waals surface area contributed by atoms with Gasteiger partial charge in [-0.3, -0.25) is 24.1 Å². The fourth-order valence-corrected chi connectivity index (χ4v) is 17.3. The number of carbonyl (C=O) groups excluding carboxylic acids is 7. The Morgan fingerprint density at radius 1 is 0.838 bits per heavy atom. The molecule has 13 atom stereocenters. The Labute approximate surface area is 470 Å². The maximum atomic E-state index is 16.8. The molecule has 0 radical (unpaired) electrons. The molecule has 2 bridgehead atoms. The zero-order valence-electron chi connectivity index (χ0n) is 49.4. The number of ketones is 1. The molecule has 3 aliphatic heterocycles. The van der Waals surface area contributed by atoms with Gasteiger partial charge in [-0.2, -0.15) is 0 Å². The van der Waals surface area contributed by atoms with Crippen LogP contribution in [0.2, 0.25) is 18.1 Å². The number of hydrogen-bond acceptors (Lipinski definition) is 18. The van der Waals surface area contributed by atoms with Gasteiger partial charge in [0.1, 0.15) is 29.3 Å². The van der Waals surface area contributed by atoms with Crippen LogP contribution in [0.4, 0.5) is 4.79 Å². The molecule has 2 aromatic rings. The van der Waals surface area contributed by atoms with E-state index >= 15 is 14.4 Å². The number of hydrogen-bond donors (Lipinski definition) is 0. The molecule has 0 N–H and O–H groups in total. The molecule has 6 aliphatic rings. The molecule has 3 saturated heterocycles. The second-order valence-corrected chi connectivity index (χ2v) is 29.8. The molecule has 1 spiro atoms. The maximum Gasteiger partial charge on any atom is 0.413 e. The van der Waals surface area contributed by atoms with Crippen LogP contribution in [-0.2, 0) is 66.3 Å². The lowest BCUT2D eigenvalue weighted by Gasteiger charge is -2.68. The standard InChI is InChI=1S/C60H81NO18Si/c1-18-80(19-2,20-3)79-40-30-41-59(31-71-41,76-34(6)63)47-50(75-52(66)35-24-22-21-23-25-35)60-38(29-42(64)77-60)44(32(4)43(57(60,13)14)45(72-33(5)62)49(65)58(40,47)15)74-53(67)46-48(55(7,8)9)61(54(68)78-56(10,11)12)51(73-46)37-27-26-36(69-16)28-39(37)70-17/h21-28,38,40-41,44-48,50-51H,18-20,29-31H2,1-17H3/t38-,40-,41+,44+,45+,46+,47-,48-,50-,51?,58+,59-,60+/m0/s1. The van der Waals surface area contributed by atoms with E-state index in [4.69, 9.17) is 51.8 Å². The predicted octanol–water partition coefficient (Wildman–Crippen LogP) is 9.18. The third kappa shape index (κ3) is 9.80. The molecule has 3 aliphatic carbocycles. The largest absolute Gasteiger partial charge is 0.497 e. The molecule has 80 heavy (non-hydrogen) atoms. The van der Waals surface area contributed by atoms with Crippen molar-refractivity contribution in [1.82, 2.24) is 4.90 Å². The molecule has 5 fully saturated rings. The molecule has 438 valence electrons. The number of rotatable bonds is 14. The zero-order valence-corrected chi connectivity index (χ0v) is 50.4. The Kier molecular flexibility index (Phi) is 16.2. The quantitative estimate of drug-likeness (QED) is 0.0744. The summed E-state index contributed by atoms with van der Waals surface area (Å²) in [6.07, 6.45) is -10.9. The van der Waals surface area contributed by atoms with Gasteiger partial charge in [-0.05, 0) is 93.6 Å². The van der Waals surface area contributed by atoms with E-state index in [1.807, 2.05) is 41.5 Å². The Bertz CT molecular complexity index is 2810. The van der Waals surface area contributed by atoms with Crippen molar-refractivity contribution in [3.63, 3.8) is 0 Å². The number of amides is 1. The van der Waals surface area contributed by atoms with E-state index in [0.717, 1.165) is 0 Å². The molecule has 8 rings (SSSR count). The number of nitrogens with zero attached hydrogens (tertiary/aromatic N) is 1. The van der Waals surface area contributed by atoms with Crippen LogP contribution in [0.25, 0.3) is 0 Å². The summed E-state index contributed by atoms with van der Waals surface area (Å²) in [6.45, 7) is 25.7. The normalized spacial score (nSPS) is 32.6. The van der Waals surface area contributed by atoms with Gasteiger partial charge in [0, 0.05) is 37.3 Å². The third-order valence-corrected chi connectivity index (χ3v) is 22.8. The first-order valence-corrected chi connectivity index (χ1v) is 30.4. The smallest absolute Gasteiger partial charge is 0.413 e. The summed E-state index contributed by atoms with van der Waals surface area (Å²) < 4.78 is 71.6. The van der Waals surface area contributed by atoms with Gasteiger partial charge < -0.3 is 51.8 Å². The lowest BCUT2D eigenvalue weighted by atomic mass is 9.43. The van der Waals surface area contributed by atoms with Gasteiger partial charge in [-0.25, -0.2) is 14.4 Å². The van der Waals surface area contributed by atoms with E-state index in [2.05, 4.69) is 0 Å². The molecule has 0 aromatic heterocycles. The van der Waals surface area contributed by atoms with Gasteiger partial charge >= 0.3 is 35.9 Å². The van der Waals surface area contributed by atoms with Crippen molar-refractivity contribution in [3.05, 3.63) is 70.8 Å². The fraction of sp³-hybridized carbons (Fsp3) is 0.650. The lowest BCUT2D eigenvalue weighted by Crippen LogP contribution is -2.83. The number of methoxy groups -OCH3 is 2. The van der Waals surface area contributed by atoms with Gasteiger partial charge in [0.15, 0.2) is 49.8 Å². The molecule has 20 heteroatoms. The van der Waals surface area contributed by atoms with E-state index in [0.29, 0.717) is 29.4 Å². The van der Waals surface area contributed by atoms with Gasteiger partial charge in [0.2, 0.25) is 0 Å². The first-order chi connectivity index (χ1) is 37.4. The van der Waals surface area contributed by atoms with Crippen LogP contribution < -0.4 is 9.47 Å². The Balaban J connectivity index is 1.40. The van der Waals surface area contributed by atoms with Crippen LogP contribution in [0.5, 0.6) is 11.5 Å². The molecule has 1 unspecified atom stereocenters. The summed E-state index contributed by atoms with van der Waals surface area (Å²) in [7, 11) is 0.241. The van der Waals surface area contributed by atoms with E-state index < -0.39 is 150 Å². The van der Waals surface area contributed by atoms with E-state index in [9.17, 15) is 19.2 Å². The highest BCUT2D eigenvalue weighted by atomic mass is 28.4. The number of esters is 5. The number of benzene rings is 2. The van der Waals surface area contributed by atoms with Crippen LogP contribution in [0.1, 0.15) is 139 Å². The number of ether oxygens (including phenoxy) is 10. The predicted molar refractivity (Wildman–Crippen MR) is 290 cm³/mol. The van der Waals surface area contributed by atoms with Gasteiger partial charge in [-0.1, -0.05) is 73.6 Å². The first kappa shape index (κ1) is 60.3. The SMILES string of the molecule is CC[Si](CC)(CC)O[C@H]1C[C@H]2OC[C@@]2(OC(C)=O)[C@H]2[C@H](OC(=O)c3ccccc3)[C@]34OC(=O)C[C@H]3[C@H](OC(=O)[C@@H]3OC(c5ccc(OC)cc5OC)N(C(=O)OC(C)(C)C)[C@@H]3C(C)(C)C)C(C)=C([C@@H](OC(C)=O)C(=O)[C@]12C)C4(C)C. The van der Waals surface area contributed by atoms with Crippen molar-refractivity contribution in [2.24, 2.45) is 28.1 Å². The number of carbonyl (C=O) groups is 7. The average Bonchev–Trinajstić information content (AvgIpc) is 1.83. The third-order valence-electron chi connectivity index (χ3n) is 18.1. The van der Waals surface area contributed by atoms with Crippen molar-refractivity contribution in [1.29, 1.82) is 0 Å². The van der Waals surface area contributed by atoms with Crippen LogP contribution in [0, 0.1) is 28.1 Å². The van der Waals surface area contributed by atoms with Crippen LogP contribution in [-0.4, -0.2) is 135 Å². The van der Waals surface area contributed by atoms with Crippen LogP contribution >= 0.6 is 0 Å². The average molecular weight is 1130 g/mol. The Morgan fingerprint density at radius 3 is 2.02 bits per heavy atom. The van der Waals surface area contributed by atoms with Gasteiger partial charge in [0.25, 0.3) is 0 Å². The van der Waals surface area contributed by atoms with Gasteiger partial charge in [0.05, 0.1) is 62.2 Å². The highest BCUT2D eigenvalue weighted by Gasteiger charge is 2.83. The van der Waals surface area contributed by atoms with Gasteiger partial charge in [-0.15, -0.1) is 0 Å². The summed E-state index contributed by atoms with van der Waals surface area (Å²) in [6, 6.07) is 14.0. The summed E-state index contributed by atoms with van der Waals surface area (Å²) in [5.74, 6) is -6.76. The first-order valence-electron chi connectivity index (χ1n) is 27.9. The molecular weight excluding hydrogens is 1050 g/mol. The minimum Gasteiger partial charge on any atom is -0.497 e. The highest BCUT2D eigenvalue weighted by molar-refractivity contribution is 6.73. The molecule has 1 amide bonds. The van der Waals surface area contributed by atoms with Crippen LogP contribution in [0.3, 0.4) is 0 Å². The highest BCUT2D eigenvalue weighted by Crippen LogP contribution is 2.69. The monoisotopic (exact) mass is 1130 g/mol. The second kappa shape index (κ2) is 21.5. The zero-order chi connectivity index (χ0) is 59.0. The maximum absolute atomic E-state index is 16.8. The Morgan fingerprint density at radius 2 is 1.49 bits per heavy atom. The van der Waals surface area contributed by atoms with Crippen molar-refractivity contribution in [2.75, 3.05) is 20.8 Å². The number of fused-ring (bicyclic) bond motifs is 4. The van der Waals surface area contributed by atoms with E-state index in [1.54, 1.807) is 97.0 Å². The molecular formula is C60H81NO18Si. The van der Waals surface area contributed by atoms with Crippen molar-refractivity contribution in [3.8, 4) is 11.5 Å². The summed E-state index contributed by atoms with van der Waals surface area (Å²) in [5.41, 5.74) is -8.42. The summed E-state index contributed by atoms with van der Waals surface area (Å²) in [5, 5.41) is 0. The second-order valence-electron chi connectivity index (χ2n) is 25.1. The topological polar surface area (TPSA) is 224 Å². The molecule has 19 nitrogen and oxygen atoms in total. The van der Waals surface area contributed by atoms with Crippen molar-refractivity contribution >= 4 is 50.0 Å². The minimum absolute atomic E-state index is 0.0603. The number of Topliss-reactive ketones (excluding diaryl/α,β-unsaturated/α-hetero) is 1. The van der Waals surface area contributed by atoms with E-state index in [-0.39, 0.29) is 35.5 Å². The van der Waals surface area contributed by atoms with Crippen molar-refractivity contribution in [2.45, 2.75) is 201 Å². The molecule has 2 saturated carbocycles. The minimum atomic E-state index is -2.71. The fourth-order valence-electron chi connectivity index (χ4n) is 14.3. The van der Waals surface area contributed by atoms with Crippen molar-refractivity contribution < 1.29 is 85.4 Å². The summed E-state index contributed by atoms with van der Waals surface area (Å²) >= 11 is 0.